The molecule has 0 aliphatic carbocycles. The van der Waals surface area contributed by atoms with Crippen molar-refractivity contribution in [1.82, 2.24) is 15.5 Å². The number of rotatable bonds is 0. The first-order valence-corrected chi connectivity index (χ1v) is 10.7. The molecule has 3 amide bonds. The lowest BCUT2D eigenvalue weighted by Crippen LogP contribution is -2.34. The molecule has 0 atom stereocenters. The number of benzene rings is 2. The molecule has 0 saturated carbocycles. The van der Waals surface area contributed by atoms with Crippen LogP contribution in [0.1, 0.15) is 42.1 Å². The Kier molecular flexibility index (Phi) is 7.65. The third kappa shape index (κ3) is 6.31. The smallest absolute Gasteiger partial charge is 0.251 e. The molecule has 0 saturated heterocycles. The van der Waals surface area contributed by atoms with Gasteiger partial charge in [0.15, 0.2) is 0 Å². The number of aromatic hydroxyl groups is 1. The number of phenols is 1. The second-order valence-corrected chi connectivity index (χ2v) is 7.75. The summed E-state index contributed by atoms with van der Waals surface area (Å²) in [6.07, 6.45) is 2.19. The molecule has 7 heteroatoms. The molecular weight excluding hydrogens is 394 g/mol. The number of nitrogens with zero attached hydrogens (tertiary/aromatic N) is 1. The zero-order chi connectivity index (χ0) is 22.2. The van der Waals surface area contributed by atoms with Gasteiger partial charge < -0.3 is 20.6 Å². The Morgan fingerprint density at radius 1 is 0.935 bits per heavy atom. The Balaban J connectivity index is 1.82. The first-order valence-electron chi connectivity index (χ1n) is 10.7. The Bertz CT molecular complexity index is 958. The summed E-state index contributed by atoms with van der Waals surface area (Å²) < 4.78 is 0. The van der Waals surface area contributed by atoms with Gasteiger partial charge in [-0.1, -0.05) is 18.2 Å². The summed E-state index contributed by atoms with van der Waals surface area (Å²) in [4.78, 5) is 38.3. The number of carbonyl (C=O) groups excluding carboxylic acids is 3. The van der Waals surface area contributed by atoms with Crippen LogP contribution in [0.3, 0.4) is 0 Å². The predicted molar refractivity (Wildman–Crippen MR) is 119 cm³/mol. The van der Waals surface area contributed by atoms with E-state index in [4.69, 9.17) is 0 Å². The lowest BCUT2D eigenvalue weighted by molar-refractivity contribution is -0.129. The number of fused-ring (bicyclic) bond motifs is 5. The van der Waals surface area contributed by atoms with Crippen LogP contribution in [0.5, 0.6) is 5.75 Å². The van der Waals surface area contributed by atoms with Crippen LogP contribution in [-0.4, -0.2) is 53.9 Å². The van der Waals surface area contributed by atoms with Crippen molar-refractivity contribution >= 4 is 17.7 Å². The monoisotopic (exact) mass is 423 g/mol. The van der Waals surface area contributed by atoms with E-state index < -0.39 is 0 Å². The van der Waals surface area contributed by atoms with E-state index in [9.17, 15) is 19.5 Å². The van der Waals surface area contributed by atoms with Gasteiger partial charge in [0.25, 0.3) is 5.91 Å². The largest absolute Gasteiger partial charge is 0.507 e. The van der Waals surface area contributed by atoms with Crippen molar-refractivity contribution in [2.75, 3.05) is 26.2 Å². The molecule has 3 rings (SSSR count). The van der Waals surface area contributed by atoms with Crippen LogP contribution in [0, 0.1) is 0 Å². The van der Waals surface area contributed by atoms with Gasteiger partial charge >= 0.3 is 0 Å². The minimum Gasteiger partial charge on any atom is -0.507 e. The van der Waals surface area contributed by atoms with Gasteiger partial charge in [0, 0.05) is 50.7 Å². The van der Waals surface area contributed by atoms with Gasteiger partial charge in [-0.05, 0) is 54.7 Å². The fraction of sp³-hybridized carbons (Fsp3) is 0.375. The fourth-order valence-corrected chi connectivity index (χ4v) is 3.66. The van der Waals surface area contributed by atoms with E-state index in [0.29, 0.717) is 63.0 Å². The van der Waals surface area contributed by atoms with Crippen LogP contribution >= 0.6 is 0 Å². The summed E-state index contributed by atoms with van der Waals surface area (Å²) >= 11 is 0. The van der Waals surface area contributed by atoms with Crippen molar-refractivity contribution in [3.05, 3.63) is 53.6 Å². The van der Waals surface area contributed by atoms with Crippen LogP contribution in [0.25, 0.3) is 11.1 Å². The lowest BCUT2D eigenvalue weighted by Gasteiger charge is -2.21. The van der Waals surface area contributed by atoms with Crippen LogP contribution in [0.15, 0.2) is 42.5 Å². The van der Waals surface area contributed by atoms with Crippen molar-refractivity contribution in [1.29, 1.82) is 0 Å². The Morgan fingerprint density at radius 2 is 1.71 bits per heavy atom. The minimum absolute atomic E-state index is 0.0376. The predicted octanol–water partition coefficient (Wildman–Crippen LogP) is 2.48. The van der Waals surface area contributed by atoms with Gasteiger partial charge in [0.1, 0.15) is 5.75 Å². The highest BCUT2D eigenvalue weighted by Gasteiger charge is 2.13. The molecule has 0 unspecified atom stereocenters. The molecule has 1 heterocycles. The molecule has 4 bridgehead atoms. The molecule has 31 heavy (non-hydrogen) atoms. The molecule has 0 fully saturated rings. The number of carbonyl (C=O) groups is 3. The average molecular weight is 424 g/mol. The molecule has 3 N–H and O–H groups in total. The van der Waals surface area contributed by atoms with E-state index in [2.05, 4.69) is 10.6 Å². The highest BCUT2D eigenvalue weighted by atomic mass is 16.3. The molecular formula is C24H29N3O4. The molecule has 2 aromatic carbocycles. The summed E-state index contributed by atoms with van der Waals surface area (Å²) in [7, 11) is 0. The topological polar surface area (TPSA) is 98.7 Å². The summed E-state index contributed by atoms with van der Waals surface area (Å²) in [5.74, 6) is -0.134. The summed E-state index contributed by atoms with van der Waals surface area (Å²) in [6.45, 7) is 3.48. The maximum absolute atomic E-state index is 12.6. The third-order valence-corrected chi connectivity index (χ3v) is 5.40. The number of phenolic OH excluding ortho intramolecular Hbond substituents is 1. The van der Waals surface area contributed by atoms with Gasteiger partial charge in [0.2, 0.25) is 11.8 Å². The summed E-state index contributed by atoms with van der Waals surface area (Å²) in [5.41, 5.74) is 2.88. The highest BCUT2D eigenvalue weighted by molar-refractivity contribution is 5.95. The highest BCUT2D eigenvalue weighted by Crippen LogP contribution is 2.30. The summed E-state index contributed by atoms with van der Waals surface area (Å²) in [6, 6.07) is 12.5. The van der Waals surface area contributed by atoms with Crippen molar-refractivity contribution < 1.29 is 19.5 Å². The SMILES string of the molecule is CC(=O)N1CCCNC(=O)c2cccc(c2)-c2cc(ccc2O)CCNC(=O)CCC1. The van der Waals surface area contributed by atoms with Crippen LogP contribution < -0.4 is 10.6 Å². The fourth-order valence-electron chi connectivity index (χ4n) is 3.66. The van der Waals surface area contributed by atoms with Crippen molar-refractivity contribution in [2.24, 2.45) is 0 Å². The average Bonchev–Trinajstić information content (AvgIpc) is 2.75. The number of hydrogen-bond donors (Lipinski definition) is 3. The van der Waals surface area contributed by atoms with Crippen LogP contribution in [0.4, 0.5) is 0 Å². The van der Waals surface area contributed by atoms with Gasteiger partial charge in [0.05, 0.1) is 0 Å². The quantitative estimate of drug-likeness (QED) is 0.606. The Morgan fingerprint density at radius 3 is 2.52 bits per heavy atom. The number of hydrogen-bond acceptors (Lipinski definition) is 4. The Labute approximate surface area is 182 Å². The molecule has 2 aromatic rings. The normalized spacial score (nSPS) is 16.4. The van der Waals surface area contributed by atoms with E-state index >= 15 is 0 Å². The minimum atomic E-state index is -0.195. The molecule has 0 spiro atoms. The lowest BCUT2D eigenvalue weighted by atomic mass is 9.98. The number of amides is 3. The summed E-state index contributed by atoms with van der Waals surface area (Å²) in [5, 5.41) is 16.2. The Hall–Kier alpha value is -3.35. The maximum atomic E-state index is 12.6. The third-order valence-electron chi connectivity index (χ3n) is 5.40. The van der Waals surface area contributed by atoms with E-state index in [0.717, 1.165) is 11.1 Å². The molecule has 7 nitrogen and oxygen atoms in total. The van der Waals surface area contributed by atoms with Gasteiger partial charge in [-0.2, -0.15) is 0 Å². The van der Waals surface area contributed by atoms with E-state index in [1.165, 1.54) is 6.92 Å². The molecule has 1 aliphatic heterocycles. The molecule has 0 aromatic heterocycles. The van der Waals surface area contributed by atoms with E-state index in [1.807, 2.05) is 18.2 Å². The maximum Gasteiger partial charge on any atom is 0.251 e. The standard InChI is InChI=1S/C24H29N3O4/c1-17(28)27-13-3-7-23(30)25-12-10-18-8-9-22(29)21(15-18)19-5-2-6-20(16-19)24(31)26-11-4-14-27/h2,5-6,8-9,15-16,29H,3-4,7,10-14H2,1H3,(H,25,30)(H,26,31). The first kappa shape index (κ1) is 22.3. The van der Waals surface area contributed by atoms with Crippen molar-refractivity contribution in [2.45, 2.75) is 32.6 Å². The first-order chi connectivity index (χ1) is 14.9. The van der Waals surface area contributed by atoms with E-state index in [1.54, 1.807) is 29.2 Å². The zero-order valence-corrected chi connectivity index (χ0v) is 17.8. The van der Waals surface area contributed by atoms with Gasteiger partial charge in [-0.15, -0.1) is 0 Å². The molecule has 0 radical (unpaired) electrons. The van der Waals surface area contributed by atoms with E-state index in [-0.39, 0.29) is 23.5 Å². The van der Waals surface area contributed by atoms with Crippen molar-refractivity contribution in [3.8, 4) is 16.9 Å². The van der Waals surface area contributed by atoms with Crippen LogP contribution in [0.2, 0.25) is 0 Å². The molecule has 164 valence electrons. The van der Waals surface area contributed by atoms with Gasteiger partial charge in [-0.3, -0.25) is 14.4 Å². The van der Waals surface area contributed by atoms with Gasteiger partial charge in [-0.25, -0.2) is 0 Å². The second kappa shape index (κ2) is 10.6. The number of nitrogens with one attached hydrogen (secondary N) is 2. The second-order valence-electron chi connectivity index (χ2n) is 7.75. The molecule has 1 aliphatic rings. The van der Waals surface area contributed by atoms with Crippen LogP contribution in [-0.2, 0) is 16.0 Å². The van der Waals surface area contributed by atoms with Crippen molar-refractivity contribution in [3.63, 3.8) is 0 Å². The zero-order valence-electron chi connectivity index (χ0n) is 17.8.